The van der Waals surface area contributed by atoms with E-state index in [-0.39, 0.29) is 0 Å². The number of thioether (sulfide) groups is 1. The standard InChI is InChI=1S/C12H14N4S/c1-2-4-11-10(3-1)9-13-12(14-11)15-16-5-7-17-8-6-16/h1-4,9H,5-8H2,(H,13,14,15). The van der Waals surface area contributed by atoms with Crippen molar-refractivity contribution in [3.05, 3.63) is 30.5 Å². The number of hydrogen-bond acceptors (Lipinski definition) is 5. The highest BCUT2D eigenvalue weighted by Crippen LogP contribution is 2.14. The van der Waals surface area contributed by atoms with E-state index in [1.807, 2.05) is 42.2 Å². The lowest BCUT2D eigenvalue weighted by Crippen LogP contribution is -2.37. The third-order valence-electron chi connectivity index (χ3n) is 2.76. The third-order valence-corrected chi connectivity index (χ3v) is 3.70. The van der Waals surface area contributed by atoms with Crippen molar-refractivity contribution in [3.63, 3.8) is 0 Å². The fraction of sp³-hybridized carbons (Fsp3) is 0.333. The molecule has 1 aliphatic rings. The van der Waals surface area contributed by atoms with Gasteiger partial charge in [-0.3, -0.25) is 5.43 Å². The van der Waals surface area contributed by atoms with Crippen molar-refractivity contribution in [2.75, 3.05) is 30.0 Å². The SMILES string of the molecule is c1ccc2nc(NN3CCSCC3)ncc2c1. The van der Waals surface area contributed by atoms with Crippen molar-refractivity contribution in [1.29, 1.82) is 0 Å². The highest BCUT2D eigenvalue weighted by Gasteiger charge is 2.11. The Morgan fingerprint density at radius 2 is 2.00 bits per heavy atom. The Bertz CT molecular complexity index is 511. The summed E-state index contributed by atoms with van der Waals surface area (Å²) in [5, 5.41) is 3.26. The Hall–Kier alpha value is -1.33. The van der Waals surface area contributed by atoms with Crippen LogP contribution in [-0.4, -0.2) is 39.6 Å². The van der Waals surface area contributed by atoms with Gasteiger partial charge in [0.1, 0.15) is 0 Å². The number of fused-ring (bicyclic) bond motifs is 1. The number of nitrogens with one attached hydrogen (secondary N) is 1. The van der Waals surface area contributed by atoms with Crippen LogP contribution in [0, 0.1) is 0 Å². The van der Waals surface area contributed by atoms with Crippen LogP contribution in [0.1, 0.15) is 0 Å². The first-order valence-corrected chi connectivity index (χ1v) is 6.88. The van der Waals surface area contributed by atoms with Crippen LogP contribution in [0.2, 0.25) is 0 Å². The molecular formula is C12H14N4S. The summed E-state index contributed by atoms with van der Waals surface area (Å²) in [5.41, 5.74) is 4.25. The number of nitrogens with zero attached hydrogens (tertiary/aromatic N) is 3. The van der Waals surface area contributed by atoms with E-state index in [0.717, 1.165) is 24.0 Å². The van der Waals surface area contributed by atoms with Gasteiger partial charge in [0.2, 0.25) is 5.95 Å². The van der Waals surface area contributed by atoms with Crippen molar-refractivity contribution in [3.8, 4) is 0 Å². The van der Waals surface area contributed by atoms with Crippen molar-refractivity contribution in [2.24, 2.45) is 0 Å². The van der Waals surface area contributed by atoms with Crippen LogP contribution in [0.15, 0.2) is 30.5 Å². The van der Waals surface area contributed by atoms with Crippen molar-refractivity contribution in [2.45, 2.75) is 0 Å². The second kappa shape index (κ2) is 4.89. The van der Waals surface area contributed by atoms with E-state index in [1.54, 1.807) is 0 Å². The summed E-state index contributed by atoms with van der Waals surface area (Å²) >= 11 is 1.99. The van der Waals surface area contributed by atoms with Crippen LogP contribution < -0.4 is 5.43 Å². The molecule has 5 heteroatoms. The molecule has 2 heterocycles. The van der Waals surface area contributed by atoms with E-state index in [4.69, 9.17) is 0 Å². The Morgan fingerprint density at radius 1 is 1.18 bits per heavy atom. The van der Waals surface area contributed by atoms with Crippen LogP contribution in [0.5, 0.6) is 0 Å². The van der Waals surface area contributed by atoms with Gasteiger partial charge in [-0.25, -0.2) is 15.0 Å². The van der Waals surface area contributed by atoms with Gasteiger partial charge >= 0.3 is 0 Å². The van der Waals surface area contributed by atoms with Crippen LogP contribution >= 0.6 is 11.8 Å². The number of hydrazine groups is 1. The molecule has 1 aromatic carbocycles. The molecule has 1 fully saturated rings. The zero-order valence-electron chi connectivity index (χ0n) is 9.47. The summed E-state index contributed by atoms with van der Waals surface area (Å²) in [5.74, 6) is 3.02. The number of anilines is 1. The third kappa shape index (κ3) is 2.50. The number of hydrogen-bond donors (Lipinski definition) is 1. The molecule has 1 aromatic heterocycles. The van der Waals surface area contributed by atoms with Gasteiger partial charge in [-0.2, -0.15) is 11.8 Å². The van der Waals surface area contributed by atoms with Gasteiger partial charge < -0.3 is 0 Å². The molecule has 4 nitrogen and oxygen atoms in total. The summed E-state index contributed by atoms with van der Waals surface area (Å²) in [6.07, 6.45) is 1.86. The molecule has 1 N–H and O–H groups in total. The van der Waals surface area contributed by atoms with Gasteiger partial charge in [-0.15, -0.1) is 0 Å². The normalized spacial score (nSPS) is 17.2. The molecule has 0 amide bonds. The van der Waals surface area contributed by atoms with E-state index >= 15 is 0 Å². The Kier molecular flexibility index (Phi) is 3.11. The summed E-state index contributed by atoms with van der Waals surface area (Å²) in [7, 11) is 0. The van der Waals surface area contributed by atoms with Crippen LogP contribution in [0.25, 0.3) is 10.9 Å². The quantitative estimate of drug-likeness (QED) is 0.877. The predicted molar refractivity (Wildman–Crippen MR) is 72.1 cm³/mol. The van der Waals surface area contributed by atoms with Crippen LogP contribution in [0.3, 0.4) is 0 Å². The maximum absolute atomic E-state index is 4.50. The summed E-state index contributed by atoms with van der Waals surface area (Å²) < 4.78 is 0. The molecule has 1 saturated heterocycles. The summed E-state index contributed by atoms with van der Waals surface area (Å²) in [4.78, 5) is 8.83. The zero-order chi connectivity index (χ0) is 11.5. The number of rotatable bonds is 2. The van der Waals surface area contributed by atoms with Gasteiger partial charge in [0, 0.05) is 36.2 Å². The molecule has 0 unspecified atom stereocenters. The monoisotopic (exact) mass is 246 g/mol. The molecule has 0 spiro atoms. The lowest BCUT2D eigenvalue weighted by molar-refractivity contribution is 0.362. The number of benzene rings is 1. The first-order chi connectivity index (χ1) is 8.42. The minimum Gasteiger partial charge on any atom is -0.287 e. The first-order valence-electron chi connectivity index (χ1n) is 5.73. The average molecular weight is 246 g/mol. The zero-order valence-corrected chi connectivity index (χ0v) is 10.3. The molecule has 0 saturated carbocycles. The minimum absolute atomic E-state index is 0.690. The van der Waals surface area contributed by atoms with Crippen molar-refractivity contribution in [1.82, 2.24) is 15.0 Å². The molecule has 88 valence electrons. The number of para-hydroxylation sites is 1. The molecule has 0 bridgehead atoms. The minimum atomic E-state index is 0.690. The van der Waals surface area contributed by atoms with E-state index < -0.39 is 0 Å². The van der Waals surface area contributed by atoms with E-state index in [0.29, 0.717) is 5.95 Å². The predicted octanol–water partition coefficient (Wildman–Crippen LogP) is 2.01. The molecule has 0 radical (unpaired) electrons. The fourth-order valence-electron chi connectivity index (χ4n) is 1.84. The van der Waals surface area contributed by atoms with Crippen LogP contribution in [0.4, 0.5) is 5.95 Å². The summed E-state index contributed by atoms with van der Waals surface area (Å²) in [6, 6.07) is 8.03. The van der Waals surface area contributed by atoms with Gasteiger partial charge in [0.05, 0.1) is 5.52 Å². The number of aromatic nitrogens is 2. The summed E-state index contributed by atoms with van der Waals surface area (Å²) in [6.45, 7) is 2.09. The van der Waals surface area contributed by atoms with Gasteiger partial charge in [0.25, 0.3) is 0 Å². The molecule has 17 heavy (non-hydrogen) atoms. The first kappa shape index (κ1) is 10.8. The van der Waals surface area contributed by atoms with Crippen LogP contribution in [-0.2, 0) is 0 Å². The second-order valence-electron chi connectivity index (χ2n) is 3.96. The maximum atomic E-state index is 4.50. The topological polar surface area (TPSA) is 41.1 Å². The maximum Gasteiger partial charge on any atom is 0.238 e. The molecule has 2 aromatic rings. The Balaban J connectivity index is 1.80. The van der Waals surface area contributed by atoms with Gasteiger partial charge in [0.15, 0.2) is 0 Å². The Morgan fingerprint density at radius 3 is 2.88 bits per heavy atom. The highest BCUT2D eigenvalue weighted by molar-refractivity contribution is 7.99. The molecule has 0 atom stereocenters. The van der Waals surface area contributed by atoms with E-state index in [1.165, 1.54) is 11.5 Å². The lowest BCUT2D eigenvalue weighted by Gasteiger charge is -2.26. The van der Waals surface area contributed by atoms with Gasteiger partial charge in [-0.1, -0.05) is 18.2 Å². The fourth-order valence-corrected chi connectivity index (χ4v) is 2.75. The molecular weight excluding hydrogens is 232 g/mol. The molecule has 3 rings (SSSR count). The van der Waals surface area contributed by atoms with Crippen molar-refractivity contribution < 1.29 is 0 Å². The van der Waals surface area contributed by atoms with E-state index in [9.17, 15) is 0 Å². The van der Waals surface area contributed by atoms with Gasteiger partial charge in [-0.05, 0) is 6.07 Å². The molecule has 0 aliphatic carbocycles. The van der Waals surface area contributed by atoms with Crippen molar-refractivity contribution >= 4 is 28.6 Å². The highest BCUT2D eigenvalue weighted by atomic mass is 32.2. The Labute approximate surface area is 104 Å². The van der Waals surface area contributed by atoms with E-state index in [2.05, 4.69) is 20.4 Å². The average Bonchev–Trinajstić information content (AvgIpc) is 2.40. The molecule has 1 aliphatic heterocycles. The largest absolute Gasteiger partial charge is 0.287 e. The lowest BCUT2D eigenvalue weighted by atomic mass is 10.2. The smallest absolute Gasteiger partial charge is 0.238 e. The second-order valence-corrected chi connectivity index (χ2v) is 5.19.